The van der Waals surface area contributed by atoms with Crippen LogP contribution in [0, 0.1) is 0 Å². The van der Waals surface area contributed by atoms with Crippen LogP contribution in [0.15, 0.2) is 12.3 Å². The van der Waals surface area contributed by atoms with Crippen LogP contribution in [0.1, 0.15) is 18.5 Å². The zero-order valence-corrected chi connectivity index (χ0v) is 7.86. The van der Waals surface area contributed by atoms with E-state index in [9.17, 15) is 0 Å². The molecule has 0 saturated heterocycles. The van der Waals surface area contributed by atoms with Gasteiger partial charge in [0.2, 0.25) is 0 Å². The van der Waals surface area contributed by atoms with E-state index in [0.29, 0.717) is 17.7 Å². The van der Waals surface area contributed by atoms with Crippen LogP contribution in [-0.2, 0) is 0 Å². The minimum Gasteiger partial charge on any atom is -0.352 e. The predicted octanol–water partition coefficient (Wildman–Crippen LogP) is 1.28. The van der Waals surface area contributed by atoms with Crippen molar-refractivity contribution < 1.29 is 0 Å². The van der Waals surface area contributed by atoms with Crippen molar-refractivity contribution in [2.75, 3.05) is 13.1 Å². The number of nitrogens with two attached hydrogens (primary N) is 1. The van der Waals surface area contributed by atoms with Crippen molar-refractivity contribution in [1.29, 1.82) is 0 Å². The molecule has 0 aliphatic carbocycles. The Morgan fingerprint density at radius 2 is 2.50 bits per heavy atom. The minimum absolute atomic E-state index is 0.303. The van der Waals surface area contributed by atoms with Crippen LogP contribution in [-0.4, -0.2) is 18.1 Å². The molecule has 0 fully saturated rings. The Hall–Kier alpha value is -0.510. The second-order valence-electron chi connectivity index (χ2n) is 2.75. The van der Waals surface area contributed by atoms with Crippen molar-refractivity contribution in [3.05, 3.63) is 23.0 Å². The Kier molecular flexibility index (Phi) is 3.59. The van der Waals surface area contributed by atoms with Crippen molar-refractivity contribution in [2.45, 2.75) is 13.0 Å². The molecule has 1 unspecified atom stereocenters. The van der Waals surface area contributed by atoms with E-state index in [1.165, 1.54) is 0 Å². The molecule has 12 heavy (non-hydrogen) atoms. The van der Waals surface area contributed by atoms with Gasteiger partial charge >= 0.3 is 0 Å². The Bertz CT molecular complexity index is 234. The SMILES string of the molecule is CC(NCCN)c1c[nH]c(Cl)c1. The lowest BCUT2D eigenvalue weighted by Gasteiger charge is -2.10. The Morgan fingerprint density at radius 3 is 3.00 bits per heavy atom. The molecule has 1 rings (SSSR count). The van der Waals surface area contributed by atoms with Crippen LogP contribution in [0.4, 0.5) is 0 Å². The van der Waals surface area contributed by atoms with Gasteiger partial charge in [0.25, 0.3) is 0 Å². The van der Waals surface area contributed by atoms with Crippen molar-refractivity contribution in [3.8, 4) is 0 Å². The maximum atomic E-state index is 5.73. The topological polar surface area (TPSA) is 53.8 Å². The highest BCUT2D eigenvalue weighted by molar-refractivity contribution is 6.29. The Labute approximate surface area is 77.3 Å². The summed E-state index contributed by atoms with van der Waals surface area (Å²) in [5, 5.41) is 3.93. The van der Waals surface area contributed by atoms with E-state index in [2.05, 4.69) is 17.2 Å². The molecule has 0 aromatic carbocycles. The number of H-pyrrole nitrogens is 1. The molecule has 68 valence electrons. The van der Waals surface area contributed by atoms with Gasteiger partial charge in [-0.3, -0.25) is 0 Å². The van der Waals surface area contributed by atoms with E-state index in [0.717, 1.165) is 12.1 Å². The number of nitrogens with one attached hydrogen (secondary N) is 2. The van der Waals surface area contributed by atoms with Crippen molar-refractivity contribution in [1.82, 2.24) is 10.3 Å². The fraction of sp³-hybridized carbons (Fsp3) is 0.500. The van der Waals surface area contributed by atoms with E-state index in [1.807, 2.05) is 12.3 Å². The maximum absolute atomic E-state index is 5.73. The van der Waals surface area contributed by atoms with Gasteiger partial charge in [-0.1, -0.05) is 11.6 Å². The smallest absolute Gasteiger partial charge is 0.106 e. The normalized spacial score (nSPS) is 13.2. The molecule has 0 saturated carbocycles. The quantitative estimate of drug-likeness (QED) is 0.665. The Balaban J connectivity index is 2.47. The molecule has 1 heterocycles. The third kappa shape index (κ3) is 2.52. The Morgan fingerprint density at radius 1 is 1.75 bits per heavy atom. The highest BCUT2D eigenvalue weighted by atomic mass is 35.5. The summed E-state index contributed by atoms with van der Waals surface area (Å²) in [4.78, 5) is 2.92. The highest BCUT2D eigenvalue weighted by Gasteiger charge is 2.04. The van der Waals surface area contributed by atoms with Gasteiger partial charge in [-0.25, -0.2) is 0 Å². The molecule has 3 nitrogen and oxygen atoms in total. The third-order valence-corrected chi connectivity index (χ3v) is 1.98. The average Bonchev–Trinajstić information content (AvgIpc) is 2.47. The molecule has 4 N–H and O–H groups in total. The summed E-state index contributed by atoms with van der Waals surface area (Å²) in [6.07, 6.45) is 1.90. The van der Waals surface area contributed by atoms with Crippen molar-refractivity contribution >= 4 is 11.6 Å². The summed E-state index contributed by atoms with van der Waals surface area (Å²) in [5.41, 5.74) is 6.52. The van der Waals surface area contributed by atoms with Gasteiger partial charge in [0.1, 0.15) is 5.15 Å². The van der Waals surface area contributed by atoms with Crippen LogP contribution in [0.3, 0.4) is 0 Å². The molecule has 0 aliphatic rings. The largest absolute Gasteiger partial charge is 0.352 e. The number of aromatic amines is 1. The summed E-state index contributed by atoms with van der Waals surface area (Å²) < 4.78 is 0. The van der Waals surface area contributed by atoms with E-state index in [-0.39, 0.29) is 0 Å². The minimum atomic E-state index is 0.303. The summed E-state index contributed by atoms with van der Waals surface area (Å²) in [7, 11) is 0. The zero-order valence-electron chi connectivity index (χ0n) is 7.10. The molecule has 0 amide bonds. The molecular weight excluding hydrogens is 174 g/mol. The van der Waals surface area contributed by atoms with E-state index in [1.54, 1.807) is 0 Å². The van der Waals surface area contributed by atoms with Gasteiger partial charge in [0.15, 0.2) is 0 Å². The van der Waals surface area contributed by atoms with Crippen LogP contribution in [0.5, 0.6) is 0 Å². The third-order valence-electron chi connectivity index (χ3n) is 1.76. The van der Waals surface area contributed by atoms with Gasteiger partial charge in [-0.05, 0) is 18.6 Å². The lowest BCUT2D eigenvalue weighted by atomic mass is 10.2. The van der Waals surface area contributed by atoms with Crippen LogP contribution >= 0.6 is 11.6 Å². The predicted molar refractivity (Wildman–Crippen MR) is 51.3 cm³/mol. The average molecular weight is 188 g/mol. The van der Waals surface area contributed by atoms with Crippen molar-refractivity contribution in [2.24, 2.45) is 5.73 Å². The molecule has 0 spiro atoms. The monoisotopic (exact) mass is 187 g/mol. The highest BCUT2D eigenvalue weighted by Crippen LogP contribution is 2.15. The molecule has 1 atom stereocenters. The lowest BCUT2D eigenvalue weighted by molar-refractivity contribution is 0.583. The molecule has 0 bridgehead atoms. The molecule has 0 radical (unpaired) electrons. The summed E-state index contributed by atoms with van der Waals surface area (Å²) in [6.45, 7) is 3.56. The van der Waals surface area contributed by atoms with E-state index >= 15 is 0 Å². The van der Waals surface area contributed by atoms with Gasteiger partial charge < -0.3 is 16.0 Å². The standard InChI is InChI=1S/C8H14ClN3/c1-6(11-3-2-10)7-4-8(9)12-5-7/h4-6,11-12H,2-3,10H2,1H3. The van der Waals surface area contributed by atoms with Gasteiger partial charge in [-0.2, -0.15) is 0 Å². The van der Waals surface area contributed by atoms with Crippen LogP contribution in [0.25, 0.3) is 0 Å². The fourth-order valence-corrected chi connectivity index (χ4v) is 1.23. The lowest BCUT2D eigenvalue weighted by Crippen LogP contribution is -2.25. The van der Waals surface area contributed by atoms with E-state index < -0.39 is 0 Å². The zero-order chi connectivity index (χ0) is 8.97. The first-order valence-corrected chi connectivity index (χ1v) is 4.39. The first kappa shape index (κ1) is 9.58. The van der Waals surface area contributed by atoms with Crippen LogP contribution < -0.4 is 11.1 Å². The summed E-state index contributed by atoms with van der Waals surface area (Å²) in [5.74, 6) is 0. The molecule has 4 heteroatoms. The van der Waals surface area contributed by atoms with E-state index in [4.69, 9.17) is 17.3 Å². The maximum Gasteiger partial charge on any atom is 0.106 e. The number of hydrogen-bond donors (Lipinski definition) is 3. The molecule has 1 aromatic heterocycles. The first-order valence-electron chi connectivity index (χ1n) is 4.01. The summed E-state index contributed by atoms with van der Waals surface area (Å²) >= 11 is 5.73. The number of hydrogen-bond acceptors (Lipinski definition) is 2. The van der Waals surface area contributed by atoms with Crippen LogP contribution in [0.2, 0.25) is 5.15 Å². The van der Waals surface area contributed by atoms with Crippen molar-refractivity contribution in [3.63, 3.8) is 0 Å². The number of aromatic nitrogens is 1. The second-order valence-corrected chi connectivity index (χ2v) is 3.15. The fourth-order valence-electron chi connectivity index (χ4n) is 1.05. The number of halogens is 1. The number of rotatable bonds is 4. The second kappa shape index (κ2) is 4.50. The van der Waals surface area contributed by atoms with Gasteiger partial charge in [0, 0.05) is 25.3 Å². The summed E-state index contributed by atoms with van der Waals surface area (Å²) in [6, 6.07) is 2.22. The first-order chi connectivity index (χ1) is 5.74. The molecule has 1 aromatic rings. The van der Waals surface area contributed by atoms with Gasteiger partial charge in [0.05, 0.1) is 0 Å². The molecule has 0 aliphatic heterocycles. The molecular formula is C8H14ClN3. The van der Waals surface area contributed by atoms with Gasteiger partial charge in [-0.15, -0.1) is 0 Å².